The molecule has 2 fully saturated rings. The molecule has 2 aromatic rings. The highest BCUT2D eigenvalue weighted by molar-refractivity contribution is 8.26. The molecule has 0 spiro atoms. The summed E-state index contributed by atoms with van der Waals surface area (Å²) >= 11 is 6.87. The van der Waals surface area contributed by atoms with Crippen LogP contribution in [-0.2, 0) is 17.8 Å². The van der Waals surface area contributed by atoms with Crippen LogP contribution in [0.5, 0.6) is 0 Å². The first-order valence-electron chi connectivity index (χ1n) is 12.6. The fourth-order valence-corrected chi connectivity index (χ4v) is 6.14. The zero-order chi connectivity index (χ0) is 25.8. The van der Waals surface area contributed by atoms with Crippen LogP contribution in [-0.4, -0.2) is 39.3 Å². The third-order valence-corrected chi connectivity index (χ3v) is 8.37. The molecule has 2 aliphatic heterocycles. The van der Waals surface area contributed by atoms with Crippen molar-refractivity contribution in [1.82, 2.24) is 9.47 Å². The Morgan fingerprint density at radius 1 is 1.17 bits per heavy atom. The zero-order valence-corrected chi connectivity index (χ0v) is 22.8. The number of anilines is 1. The van der Waals surface area contributed by atoms with Crippen LogP contribution < -0.4 is 10.5 Å². The highest BCUT2D eigenvalue weighted by atomic mass is 32.2. The van der Waals surface area contributed by atoms with E-state index >= 15 is 0 Å². The number of nitrogens with zero attached hydrogens (tertiary/aromatic N) is 4. The summed E-state index contributed by atoms with van der Waals surface area (Å²) < 4.78 is 2.28. The van der Waals surface area contributed by atoms with Crippen molar-refractivity contribution in [2.75, 3.05) is 24.5 Å². The second kappa shape index (κ2) is 11.4. The highest BCUT2D eigenvalue weighted by Crippen LogP contribution is 2.36. The number of piperidine rings is 1. The molecule has 0 atom stereocenters. The minimum atomic E-state index is -0.252. The lowest BCUT2D eigenvalue weighted by atomic mass is 9.97. The molecule has 8 heteroatoms. The van der Waals surface area contributed by atoms with Gasteiger partial charge in [-0.3, -0.25) is 19.1 Å². The van der Waals surface area contributed by atoms with Crippen molar-refractivity contribution in [2.45, 2.75) is 53.0 Å². The van der Waals surface area contributed by atoms with Gasteiger partial charge in [0, 0.05) is 31.7 Å². The van der Waals surface area contributed by atoms with E-state index in [1.807, 2.05) is 50.3 Å². The summed E-state index contributed by atoms with van der Waals surface area (Å²) in [5.41, 5.74) is 2.44. The predicted molar refractivity (Wildman–Crippen MR) is 151 cm³/mol. The van der Waals surface area contributed by atoms with E-state index in [0.29, 0.717) is 33.8 Å². The van der Waals surface area contributed by atoms with E-state index < -0.39 is 0 Å². The molecule has 36 heavy (non-hydrogen) atoms. The number of amides is 1. The van der Waals surface area contributed by atoms with Crippen LogP contribution in [0.4, 0.5) is 5.82 Å². The summed E-state index contributed by atoms with van der Waals surface area (Å²) in [6.45, 7) is 8.81. The van der Waals surface area contributed by atoms with Crippen LogP contribution in [0, 0.1) is 24.2 Å². The van der Waals surface area contributed by atoms with E-state index in [2.05, 4.69) is 17.9 Å². The van der Waals surface area contributed by atoms with Crippen LogP contribution in [0.25, 0.3) is 6.08 Å². The molecule has 1 aromatic carbocycles. The molecule has 0 bridgehead atoms. The van der Waals surface area contributed by atoms with E-state index in [1.54, 1.807) is 9.47 Å². The SMILES string of the molecule is CCCn1c(N2CCC(C)CC2)c(/C=C2\SC(=S)N(CCc3ccccc3)C2=O)c(C)c(C#N)c1=O. The number of hydrogen-bond donors (Lipinski definition) is 0. The lowest BCUT2D eigenvalue weighted by Crippen LogP contribution is -2.39. The van der Waals surface area contributed by atoms with Crippen LogP contribution in [0.3, 0.4) is 0 Å². The Bertz CT molecular complexity index is 1290. The van der Waals surface area contributed by atoms with Crippen LogP contribution >= 0.6 is 24.0 Å². The normalized spacial score (nSPS) is 17.8. The first-order chi connectivity index (χ1) is 17.3. The third kappa shape index (κ3) is 5.28. The molecular weight excluding hydrogens is 488 g/mol. The Morgan fingerprint density at radius 2 is 1.86 bits per heavy atom. The molecule has 2 saturated heterocycles. The zero-order valence-electron chi connectivity index (χ0n) is 21.1. The van der Waals surface area contributed by atoms with Gasteiger partial charge >= 0.3 is 0 Å². The monoisotopic (exact) mass is 520 g/mol. The standard InChI is InChI=1S/C28H32N4O2S2/c1-4-13-31-25(30-14-10-19(2)11-15-30)22(20(3)23(18-29)26(31)33)17-24-27(34)32(28(35)36-24)16-12-21-8-6-5-7-9-21/h5-9,17,19H,4,10-16H2,1-3H3/b24-17-. The molecule has 3 heterocycles. The van der Waals surface area contributed by atoms with Crippen molar-refractivity contribution in [3.05, 3.63) is 67.8 Å². The third-order valence-electron chi connectivity index (χ3n) is 6.99. The summed E-state index contributed by atoms with van der Waals surface area (Å²) in [6.07, 6.45) is 5.43. The van der Waals surface area contributed by atoms with Gasteiger partial charge in [-0.05, 0) is 55.7 Å². The molecule has 0 radical (unpaired) electrons. The number of aromatic nitrogens is 1. The first kappa shape index (κ1) is 26.2. The number of rotatable bonds is 7. The van der Waals surface area contributed by atoms with Gasteiger partial charge in [0.15, 0.2) is 0 Å². The summed E-state index contributed by atoms with van der Waals surface area (Å²) in [5.74, 6) is 1.33. The van der Waals surface area contributed by atoms with Crippen molar-refractivity contribution in [3.8, 4) is 6.07 Å². The van der Waals surface area contributed by atoms with Crippen LogP contribution in [0.1, 0.15) is 55.4 Å². The van der Waals surface area contributed by atoms with Crippen molar-refractivity contribution >= 4 is 46.1 Å². The Morgan fingerprint density at radius 3 is 2.50 bits per heavy atom. The number of hydrogen-bond acceptors (Lipinski definition) is 6. The van der Waals surface area contributed by atoms with E-state index in [0.717, 1.165) is 55.7 Å². The fraction of sp³-hybridized carbons (Fsp3) is 0.429. The number of benzene rings is 1. The van der Waals surface area contributed by atoms with Gasteiger partial charge in [0.25, 0.3) is 11.5 Å². The largest absolute Gasteiger partial charge is 0.357 e. The number of pyridine rings is 1. The summed E-state index contributed by atoms with van der Waals surface area (Å²) in [7, 11) is 0. The van der Waals surface area contributed by atoms with Crippen molar-refractivity contribution in [1.29, 1.82) is 5.26 Å². The second-order valence-corrected chi connectivity index (χ2v) is 11.2. The van der Waals surface area contributed by atoms with Gasteiger partial charge in [-0.2, -0.15) is 5.26 Å². The predicted octanol–water partition coefficient (Wildman–Crippen LogP) is 5.12. The van der Waals surface area contributed by atoms with Gasteiger partial charge in [-0.25, -0.2) is 0 Å². The Hall–Kier alpha value is -2.89. The Balaban J connectivity index is 1.75. The minimum absolute atomic E-state index is 0.120. The Labute approximate surface area is 222 Å². The number of nitriles is 1. The van der Waals surface area contributed by atoms with Gasteiger partial charge < -0.3 is 4.90 Å². The maximum Gasteiger partial charge on any atom is 0.270 e. The van der Waals surface area contributed by atoms with E-state index in [-0.39, 0.29) is 17.0 Å². The maximum atomic E-state index is 13.4. The van der Waals surface area contributed by atoms with Gasteiger partial charge in [-0.1, -0.05) is 68.2 Å². The van der Waals surface area contributed by atoms with Crippen molar-refractivity contribution in [2.24, 2.45) is 5.92 Å². The number of thioether (sulfide) groups is 1. The van der Waals surface area contributed by atoms with Gasteiger partial charge in [-0.15, -0.1) is 0 Å². The van der Waals surface area contributed by atoms with Crippen molar-refractivity contribution < 1.29 is 4.79 Å². The summed E-state index contributed by atoms with van der Waals surface area (Å²) in [4.78, 5) is 31.2. The average molecular weight is 521 g/mol. The molecule has 0 N–H and O–H groups in total. The van der Waals surface area contributed by atoms with Gasteiger partial charge in [0.05, 0.1) is 4.91 Å². The molecule has 0 saturated carbocycles. The number of carbonyl (C=O) groups is 1. The Kier molecular flexibility index (Phi) is 8.32. The lowest BCUT2D eigenvalue weighted by Gasteiger charge is -2.35. The molecule has 0 aliphatic carbocycles. The van der Waals surface area contributed by atoms with E-state index in [4.69, 9.17) is 12.2 Å². The van der Waals surface area contributed by atoms with Crippen molar-refractivity contribution in [3.63, 3.8) is 0 Å². The fourth-order valence-electron chi connectivity index (χ4n) is 4.85. The number of carbonyl (C=O) groups excluding carboxylic acids is 1. The van der Waals surface area contributed by atoms with Crippen LogP contribution in [0.15, 0.2) is 40.0 Å². The maximum absolute atomic E-state index is 13.4. The molecule has 6 nitrogen and oxygen atoms in total. The average Bonchev–Trinajstić information content (AvgIpc) is 3.14. The topological polar surface area (TPSA) is 69.3 Å². The second-order valence-electron chi connectivity index (χ2n) is 9.54. The smallest absolute Gasteiger partial charge is 0.270 e. The molecule has 2 aliphatic rings. The first-order valence-corrected chi connectivity index (χ1v) is 13.8. The minimum Gasteiger partial charge on any atom is -0.357 e. The quantitative estimate of drug-likeness (QED) is 0.373. The number of thiocarbonyl (C=S) groups is 1. The van der Waals surface area contributed by atoms with Gasteiger partial charge in [0.2, 0.25) is 0 Å². The molecule has 1 aromatic heterocycles. The molecular formula is C28H32N4O2S2. The summed E-state index contributed by atoms with van der Waals surface area (Å²) in [5, 5.41) is 9.83. The molecule has 1 amide bonds. The molecule has 4 rings (SSSR count). The molecule has 0 unspecified atom stereocenters. The van der Waals surface area contributed by atoms with E-state index in [1.165, 1.54) is 11.8 Å². The summed E-state index contributed by atoms with van der Waals surface area (Å²) in [6, 6.07) is 12.2. The van der Waals surface area contributed by atoms with E-state index in [9.17, 15) is 14.9 Å². The highest BCUT2D eigenvalue weighted by Gasteiger charge is 2.33. The lowest BCUT2D eigenvalue weighted by molar-refractivity contribution is -0.122. The molecule has 188 valence electrons. The van der Waals surface area contributed by atoms with Crippen LogP contribution in [0.2, 0.25) is 0 Å². The van der Waals surface area contributed by atoms with Gasteiger partial charge in [0.1, 0.15) is 21.8 Å².